The predicted octanol–water partition coefficient (Wildman–Crippen LogP) is 1.25. The van der Waals surface area contributed by atoms with Crippen LogP contribution in [0, 0.1) is 17.0 Å². The second-order valence-electron chi connectivity index (χ2n) is 3.95. The van der Waals surface area contributed by atoms with Crippen LogP contribution in [0.25, 0.3) is 0 Å². The summed E-state index contributed by atoms with van der Waals surface area (Å²) in [6, 6.07) is 4.66. The molecule has 1 aromatic rings. The van der Waals surface area contributed by atoms with Crippen LogP contribution >= 0.6 is 0 Å². The van der Waals surface area contributed by atoms with E-state index in [0.717, 1.165) is 0 Å². The summed E-state index contributed by atoms with van der Waals surface area (Å²) in [5.74, 6) is -0.0804. The number of nitro benzene ring substituents is 1. The van der Waals surface area contributed by atoms with Gasteiger partial charge in [0.2, 0.25) is 10.0 Å². The topological polar surface area (TPSA) is 101 Å². The molecular formula is C11H17N3O4S. The molecule has 0 aliphatic carbocycles. The van der Waals surface area contributed by atoms with E-state index in [1.54, 1.807) is 26.0 Å². The van der Waals surface area contributed by atoms with Crippen molar-refractivity contribution in [3.8, 4) is 0 Å². The summed E-state index contributed by atoms with van der Waals surface area (Å²) in [5, 5.41) is 13.7. The van der Waals surface area contributed by atoms with Gasteiger partial charge in [0.25, 0.3) is 5.69 Å². The van der Waals surface area contributed by atoms with Gasteiger partial charge in [0.05, 0.1) is 10.7 Å². The zero-order valence-electron chi connectivity index (χ0n) is 10.8. The van der Waals surface area contributed by atoms with Crippen LogP contribution in [0.15, 0.2) is 18.2 Å². The van der Waals surface area contributed by atoms with Gasteiger partial charge in [-0.25, -0.2) is 13.1 Å². The number of benzene rings is 1. The zero-order valence-corrected chi connectivity index (χ0v) is 11.7. The molecule has 0 radical (unpaired) electrons. The van der Waals surface area contributed by atoms with Crippen molar-refractivity contribution < 1.29 is 13.3 Å². The highest BCUT2D eigenvalue weighted by atomic mass is 32.2. The standard InChI is InChI=1S/C11H17N3O4S/c1-3-13-19(17,18)8-7-12-10-5-4-6-11(9(10)2)14(15)16/h4-6,12-13H,3,7-8H2,1-2H3. The summed E-state index contributed by atoms with van der Waals surface area (Å²) in [6.45, 7) is 3.87. The van der Waals surface area contributed by atoms with E-state index in [4.69, 9.17) is 0 Å². The van der Waals surface area contributed by atoms with Gasteiger partial charge < -0.3 is 5.32 Å². The van der Waals surface area contributed by atoms with Gasteiger partial charge in [-0.05, 0) is 13.0 Å². The quantitative estimate of drug-likeness (QED) is 0.580. The Morgan fingerprint density at radius 2 is 2.05 bits per heavy atom. The fraction of sp³-hybridized carbons (Fsp3) is 0.455. The van der Waals surface area contributed by atoms with E-state index in [1.807, 2.05) is 0 Å². The molecule has 0 aliphatic heterocycles. The SMILES string of the molecule is CCNS(=O)(=O)CCNc1cccc([N+](=O)[O-])c1C. The molecular weight excluding hydrogens is 270 g/mol. The first kappa shape index (κ1) is 15.4. The minimum atomic E-state index is -3.29. The molecule has 0 aromatic heterocycles. The van der Waals surface area contributed by atoms with E-state index in [1.165, 1.54) is 6.07 Å². The Morgan fingerprint density at radius 1 is 1.37 bits per heavy atom. The minimum Gasteiger partial charge on any atom is -0.384 e. The lowest BCUT2D eigenvalue weighted by molar-refractivity contribution is -0.385. The molecule has 0 heterocycles. The van der Waals surface area contributed by atoms with E-state index < -0.39 is 14.9 Å². The highest BCUT2D eigenvalue weighted by Gasteiger charge is 2.13. The third kappa shape index (κ3) is 4.49. The van der Waals surface area contributed by atoms with Gasteiger partial charge in [-0.3, -0.25) is 10.1 Å². The van der Waals surface area contributed by atoms with E-state index in [9.17, 15) is 18.5 Å². The van der Waals surface area contributed by atoms with Crippen molar-refractivity contribution in [2.24, 2.45) is 0 Å². The summed E-state index contributed by atoms with van der Waals surface area (Å²) < 4.78 is 25.2. The molecule has 2 N–H and O–H groups in total. The predicted molar refractivity (Wildman–Crippen MR) is 73.8 cm³/mol. The Labute approximate surface area is 112 Å². The average molecular weight is 287 g/mol. The molecule has 0 unspecified atom stereocenters. The van der Waals surface area contributed by atoms with Crippen molar-refractivity contribution in [1.29, 1.82) is 0 Å². The first-order chi connectivity index (χ1) is 8.87. The molecule has 0 amide bonds. The Bertz CT molecular complexity index is 557. The van der Waals surface area contributed by atoms with Crippen LogP contribution in [-0.4, -0.2) is 32.2 Å². The molecule has 0 aliphatic rings. The fourth-order valence-electron chi connectivity index (χ4n) is 1.62. The number of sulfonamides is 1. The maximum Gasteiger partial charge on any atom is 0.274 e. The van der Waals surface area contributed by atoms with Gasteiger partial charge in [-0.2, -0.15) is 0 Å². The largest absolute Gasteiger partial charge is 0.384 e. The summed E-state index contributed by atoms with van der Waals surface area (Å²) >= 11 is 0. The summed E-state index contributed by atoms with van der Waals surface area (Å²) in [5.41, 5.74) is 1.08. The molecule has 0 fully saturated rings. The average Bonchev–Trinajstić information content (AvgIpc) is 2.30. The first-order valence-electron chi connectivity index (χ1n) is 5.82. The Balaban J connectivity index is 2.69. The lowest BCUT2D eigenvalue weighted by atomic mass is 10.1. The number of hydrogen-bond acceptors (Lipinski definition) is 5. The molecule has 19 heavy (non-hydrogen) atoms. The number of rotatable bonds is 7. The van der Waals surface area contributed by atoms with Crippen molar-refractivity contribution in [3.63, 3.8) is 0 Å². The van der Waals surface area contributed by atoms with Crippen molar-refractivity contribution in [1.82, 2.24) is 4.72 Å². The second-order valence-corrected chi connectivity index (χ2v) is 5.88. The van der Waals surface area contributed by atoms with Gasteiger partial charge in [-0.1, -0.05) is 13.0 Å². The van der Waals surface area contributed by atoms with Gasteiger partial charge in [0.15, 0.2) is 0 Å². The Kier molecular flexibility index (Phi) is 5.25. The van der Waals surface area contributed by atoms with Gasteiger partial charge in [0, 0.05) is 30.4 Å². The summed E-state index contributed by atoms with van der Waals surface area (Å²) in [6.07, 6.45) is 0. The third-order valence-corrected chi connectivity index (χ3v) is 4.02. The molecule has 106 valence electrons. The van der Waals surface area contributed by atoms with E-state index in [2.05, 4.69) is 10.0 Å². The molecule has 0 saturated heterocycles. The Morgan fingerprint density at radius 3 is 2.63 bits per heavy atom. The number of nitrogens with zero attached hydrogens (tertiary/aromatic N) is 1. The van der Waals surface area contributed by atoms with Crippen LogP contribution in [0.2, 0.25) is 0 Å². The zero-order chi connectivity index (χ0) is 14.5. The Hall–Kier alpha value is -1.67. The summed E-state index contributed by atoms with van der Waals surface area (Å²) in [4.78, 5) is 10.3. The van der Waals surface area contributed by atoms with Crippen LogP contribution < -0.4 is 10.0 Å². The molecule has 1 rings (SSSR count). The molecule has 8 heteroatoms. The molecule has 0 atom stereocenters. The lowest BCUT2D eigenvalue weighted by Crippen LogP contribution is -2.29. The molecule has 0 spiro atoms. The highest BCUT2D eigenvalue weighted by Crippen LogP contribution is 2.24. The highest BCUT2D eigenvalue weighted by molar-refractivity contribution is 7.89. The van der Waals surface area contributed by atoms with Crippen LogP contribution in [0.4, 0.5) is 11.4 Å². The van der Waals surface area contributed by atoms with Gasteiger partial charge in [0.1, 0.15) is 0 Å². The van der Waals surface area contributed by atoms with Gasteiger partial charge >= 0.3 is 0 Å². The van der Waals surface area contributed by atoms with Crippen LogP contribution in [-0.2, 0) is 10.0 Å². The van der Waals surface area contributed by atoms with Crippen LogP contribution in [0.3, 0.4) is 0 Å². The van der Waals surface area contributed by atoms with Crippen molar-refractivity contribution in [3.05, 3.63) is 33.9 Å². The van der Waals surface area contributed by atoms with Crippen molar-refractivity contribution in [2.75, 3.05) is 24.2 Å². The number of anilines is 1. The lowest BCUT2D eigenvalue weighted by Gasteiger charge is -2.10. The smallest absolute Gasteiger partial charge is 0.274 e. The third-order valence-electron chi connectivity index (χ3n) is 2.55. The molecule has 7 nitrogen and oxygen atoms in total. The number of hydrogen-bond donors (Lipinski definition) is 2. The second kappa shape index (κ2) is 6.48. The van der Waals surface area contributed by atoms with E-state index >= 15 is 0 Å². The normalized spacial score (nSPS) is 11.3. The fourth-order valence-corrected chi connectivity index (χ4v) is 2.58. The maximum absolute atomic E-state index is 11.4. The van der Waals surface area contributed by atoms with E-state index in [0.29, 0.717) is 17.8 Å². The van der Waals surface area contributed by atoms with Crippen molar-refractivity contribution in [2.45, 2.75) is 13.8 Å². The molecule has 0 saturated carbocycles. The maximum atomic E-state index is 11.4. The minimum absolute atomic E-state index is 0.0135. The monoisotopic (exact) mass is 287 g/mol. The number of nitro groups is 1. The molecule has 0 bridgehead atoms. The molecule has 1 aromatic carbocycles. The number of nitrogens with one attached hydrogen (secondary N) is 2. The van der Waals surface area contributed by atoms with E-state index in [-0.39, 0.29) is 18.0 Å². The summed E-state index contributed by atoms with van der Waals surface area (Å²) in [7, 11) is -3.29. The van der Waals surface area contributed by atoms with Crippen LogP contribution in [0.1, 0.15) is 12.5 Å². The first-order valence-corrected chi connectivity index (χ1v) is 7.48. The van der Waals surface area contributed by atoms with Crippen molar-refractivity contribution >= 4 is 21.4 Å². The van der Waals surface area contributed by atoms with Gasteiger partial charge in [-0.15, -0.1) is 0 Å². The van der Waals surface area contributed by atoms with Crippen LogP contribution in [0.5, 0.6) is 0 Å².